The zero-order valence-corrected chi connectivity index (χ0v) is 12.7. The molecule has 0 spiro atoms. The number of rotatable bonds is 7. The standard InChI is InChI=1S/C15H28N4O/c1-3-19-13(10-11-17-19)14(18-16)15(20-4-2)12-8-6-5-7-9-12/h10-12,14-15,18H,3-9,16H2,1-2H3. The summed E-state index contributed by atoms with van der Waals surface area (Å²) in [6.45, 7) is 5.73. The Bertz CT molecular complexity index is 387. The van der Waals surface area contributed by atoms with Crippen LogP contribution in [-0.4, -0.2) is 22.5 Å². The maximum Gasteiger partial charge on any atom is 0.0893 e. The fourth-order valence-electron chi connectivity index (χ4n) is 3.38. The van der Waals surface area contributed by atoms with Crippen LogP contribution in [-0.2, 0) is 11.3 Å². The molecule has 0 bridgehead atoms. The molecule has 5 heteroatoms. The van der Waals surface area contributed by atoms with E-state index in [2.05, 4.69) is 24.4 Å². The van der Waals surface area contributed by atoms with Crippen molar-refractivity contribution in [3.63, 3.8) is 0 Å². The van der Waals surface area contributed by atoms with Crippen LogP contribution in [0.5, 0.6) is 0 Å². The van der Waals surface area contributed by atoms with Gasteiger partial charge in [0.05, 0.1) is 17.8 Å². The summed E-state index contributed by atoms with van der Waals surface area (Å²) in [6.07, 6.45) is 8.41. The van der Waals surface area contributed by atoms with Crippen molar-refractivity contribution in [3.05, 3.63) is 18.0 Å². The van der Waals surface area contributed by atoms with Gasteiger partial charge in [-0.1, -0.05) is 19.3 Å². The third kappa shape index (κ3) is 3.40. The Balaban J connectivity index is 2.19. The van der Waals surface area contributed by atoms with E-state index in [1.165, 1.54) is 32.1 Å². The largest absolute Gasteiger partial charge is 0.376 e. The van der Waals surface area contributed by atoms with Crippen molar-refractivity contribution >= 4 is 0 Å². The number of nitrogens with two attached hydrogens (primary N) is 1. The van der Waals surface area contributed by atoms with Gasteiger partial charge in [0.15, 0.2) is 0 Å². The minimum absolute atomic E-state index is 0.0144. The summed E-state index contributed by atoms with van der Waals surface area (Å²) >= 11 is 0. The normalized spacial score (nSPS) is 19.9. The van der Waals surface area contributed by atoms with E-state index in [-0.39, 0.29) is 12.1 Å². The van der Waals surface area contributed by atoms with Gasteiger partial charge in [-0.15, -0.1) is 0 Å². The number of hydrogen-bond donors (Lipinski definition) is 2. The van der Waals surface area contributed by atoms with E-state index in [1.807, 2.05) is 16.9 Å². The van der Waals surface area contributed by atoms with Crippen molar-refractivity contribution in [1.29, 1.82) is 0 Å². The van der Waals surface area contributed by atoms with Gasteiger partial charge in [-0.05, 0) is 38.7 Å². The second-order valence-corrected chi connectivity index (χ2v) is 5.53. The molecule has 114 valence electrons. The fraction of sp³-hybridized carbons (Fsp3) is 0.800. The Morgan fingerprint density at radius 3 is 2.75 bits per heavy atom. The van der Waals surface area contributed by atoms with Gasteiger partial charge in [0, 0.05) is 19.3 Å². The van der Waals surface area contributed by atoms with Crippen molar-refractivity contribution in [3.8, 4) is 0 Å². The number of aryl methyl sites for hydroxylation is 1. The minimum Gasteiger partial charge on any atom is -0.376 e. The molecule has 1 fully saturated rings. The quantitative estimate of drug-likeness (QED) is 0.594. The van der Waals surface area contributed by atoms with Crippen LogP contribution in [0.15, 0.2) is 12.3 Å². The summed E-state index contributed by atoms with van der Waals surface area (Å²) in [5.74, 6) is 6.44. The van der Waals surface area contributed by atoms with E-state index >= 15 is 0 Å². The van der Waals surface area contributed by atoms with E-state index in [4.69, 9.17) is 10.6 Å². The van der Waals surface area contributed by atoms with Gasteiger partial charge in [-0.3, -0.25) is 10.5 Å². The first-order valence-electron chi connectivity index (χ1n) is 7.91. The van der Waals surface area contributed by atoms with E-state index in [0.29, 0.717) is 5.92 Å². The maximum absolute atomic E-state index is 6.07. The molecule has 0 amide bonds. The molecular weight excluding hydrogens is 252 g/mol. The van der Waals surface area contributed by atoms with Gasteiger partial charge in [0.25, 0.3) is 0 Å². The number of hydrazine groups is 1. The molecule has 1 aromatic rings. The highest BCUT2D eigenvalue weighted by atomic mass is 16.5. The molecule has 1 heterocycles. The smallest absolute Gasteiger partial charge is 0.0893 e. The van der Waals surface area contributed by atoms with Crippen LogP contribution in [0, 0.1) is 5.92 Å². The third-order valence-corrected chi connectivity index (χ3v) is 4.35. The van der Waals surface area contributed by atoms with Crippen LogP contribution in [0.3, 0.4) is 0 Å². The average molecular weight is 280 g/mol. The first-order valence-corrected chi connectivity index (χ1v) is 7.91. The molecule has 0 aliphatic heterocycles. The first-order chi connectivity index (χ1) is 9.81. The number of nitrogens with one attached hydrogen (secondary N) is 1. The average Bonchev–Trinajstić information content (AvgIpc) is 2.96. The Morgan fingerprint density at radius 2 is 2.15 bits per heavy atom. The Kier molecular flexibility index (Phi) is 6.01. The highest BCUT2D eigenvalue weighted by Gasteiger charge is 2.33. The molecule has 0 radical (unpaired) electrons. The van der Waals surface area contributed by atoms with Crippen LogP contribution in [0.1, 0.15) is 57.7 Å². The monoisotopic (exact) mass is 280 g/mol. The zero-order chi connectivity index (χ0) is 14.4. The summed E-state index contributed by atoms with van der Waals surface area (Å²) in [7, 11) is 0. The lowest BCUT2D eigenvalue weighted by Gasteiger charge is -2.35. The highest BCUT2D eigenvalue weighted by molar-refractivity contribution is 5.10. The second-order valence-electron chi connectivity index (χ2n) is 5.53. The lowest BCUT2D eigenvalue weighted by Crippen LogP contribution is -2.43. The van der Waals surface area contributed by atoms with Crippen LogP contribution in [0.4, 0.5) is 0 Å². The van der Waals surface area contributed by atoms with Gasteiger partial charge in [-0.2, -0.15) is 5.10 Å². The van der Waals surface area contributed by atoms with E-state index in [0.717, 1.165) is 18.8 Å². The van der Waals surface area contributed by atoms with Crippen molar-refractivity contribution in [2.45, 2.75) is 64.6 Å². The summed E-state index contributed by atoms with van der Waals surface area (Å²) in [5, 5.41) is 4.36. The zero-order valence-electron chi connectivity index (χ0n) is 12.7. The van der Waals surface area contributed by atoms with Crippen LogP contribution < -0.4 is 11.3 Å². The summed E-state index contributed by atoms with van der Waals surface area (Å²) in [6, 6.07) is 2.06. The van der Waals surface area contributed by atoms with E-state index in [1.54, 1.807) is 0 Å². The first kappa shape index (κ1) is 15.5. The Morgan fingerprint density at radius 1 is 1.40 bits per heavy atom. The second kappa shape index (κ2) is 7.76. The number of ether oxygens (including phenoxy) is 1. The Labute approximate surface area is 121 Å². The number of nitrogens with zero attached hydrogens (tertiary/aromatic N) is 2. The van der Waals surface area contributed by atoms with Gasteiger partial charge >= 0.3 is 0 Å². The summed E-state index contributed by atoms with van der Waals surface area (Å²) in [5.41, 5.74) is 4.10. The molecule has 5 nitrogen and oxygen atoms in total. The van der Waals surface area contributed by atoms with Crippen molar-refractivity contribution in [1.82, 2.24) is 15.2 Å². The molecule has 1 aliphatic rings. The topological polar surface area (TPSA) is 65.1 Å². The van der Waals surface area contributed by atoms with Crippen LogP contribution in [0.2, 0.25) is 0 Å². The molecule has 0 aromatic carbocycles. The lowest BCUT2D eigenvalue weighted by atomic mass is 9.82. The van der Waals surface area contributed by atoms with Crippen LogP contribution >= 0.6 is 0 Å². The Hall–Kier alpha value is -0.910. The van der Waals surface area contributed by atoms with Gasteiger partial charge in [-0.25, -0.2) is 5.43 Å². The molecule has 2 unspecified atom stereocenters. The third-order valence-electron chi connectivity index (χ3n) is 4.35. The molecular formula is C15H28N4O. The number of aromatic nitrogens is 2. The predicted molar refractivity (Wildman–Crippen MR) is 80.0 cm³/mol. The minimum atomic E-state index is 0.0144. The lowest BCUT2D eigenvalue weighted by molar-refractivity contribution is -0.0202. The molecule has 1 saturated carbocycles. The molecule has 20 heavy (non-hydrogen) atoms. The predicted octanol–water partition coefficient (Wildman–Crippen LogP) is 2.39. The fourth-order valence-corrected chi connectivity index (χ4v) is 3.38. The van der Waals surface area contributed by atoms with Crippen molar-refractivity contribution in [2.24, 2.45) is 11.8 Å². The molecule has 2 rings (SSSR count). The maximum atomic E-state index is 6.07. The molecule has 2 atom stereocenters. The van der Waals surface area contributed by atoms with Gasteiger partial charge in [0.2, 0.25) is 0 Å². The number of hydrogen-bond acceptors (Lipinski definition) is 4. The van der Waals surface area contributed by atoms with Gasteiger partial charge in [0.1, 0.15) is 0 Å². The van der Waals surface area contributed by atoms with Crippen molar-refractivity contribution < 1.29 is 4.74 Å². The summed E-state index contributed by atoms with van der Waals surface area (Å²) < 4.78 is 8.07. The van der Waals surface area contributed by atoms with Crippen LogP contribution in [0.25, 0.3) is 0 Å². The molecule has 3 N–H and O–H groups in total. The van der Waals surface area contributed by atoms with Gasteiger partial charge < -0.3 is 4.74 Å². The van der Waals surface area contributed by atoms with E-state index in [9.17, 15) is 0 Å². The molecule has 0 saturated heterocycles. The van der Waals surface area contributed by atoms with E-state index < -0.39 is 0 Å². The van der Waals surface area contributed by atoms with Crippen molar-refractivity contribution in [2.75, 3.05) is 6.61 Å². The summed E-state index contributed by atoms with van der Waals surface area (Å²) in [4.78, 5) is 0. The SMILES string of the molecule is CCOC(C1CCCCC1)C(NN)c1ccnn1CC. The highest BCUT2D eigenvalue weighted by Crippen LogP contribution is 2.34. The molecule has 1 aliphatic carbocycles. The molecule has 1 aromatic heterocycles.